The maximum atomic E-state index is 5.93. The minimum Gasteiger partial charge on any atom is -0.497 e. The molecule has 0 saturated carbocycles. The van der Waals surface area contributed by atoms with Crippen molar-refractivity contribution in [1.82, 2.24) is 0 Å². The molecule has 1 unspecified atom stereocenters. The Morgan fingerprint density at radius 3 is 2.67 bits per heavy atom. The summed E-state index contributed by atoms with van der Waals surface area (Å²) in [6.45, 7) is 0. The summed E-state index contributed by atoms with van der Waals surface area (Å²) in [5.41, 5.74) is 6.80. The summed E-state index contributed by atoms with van der Waals surface area (Å²) in [7, 11) is 3.21. The van der Waals surface area contributed by atoms with Crippen molar-refractivity contribution < 1.29 is 9.47 Å². The highest BCUT2D eigenvalue weighted by Gasteiger charge is 2.11. The quantitative estimate of drug-likeness (QED) is 0.761. The second-order valence-corrected chi connectivity index (χ2v) is 3.12. The molecule has 1 aromatic rings. The Balaban J connectivity index is 3.06. The molecule has 0 aliphatic heterocycles. The first-order valence-corrected chi connectivity index (χ1v) is 4.64. The molecule has 0 amide bonds. The van der Waals surface area contributed by atoms with Gasteiger partial charge in [-0.05, 0) is 18.2 Å². The third-order valence-electron chi connectivity index (χ3n) is 2.17. The van der Waals surface area contributed by atoms with E-state index in [0.717, 1.165) is 17.1 Å². The average molecular weight is 205 g/mol. The van der Waals surface area contributed by atoms with E-state index < -0.39 is 0 Å². The van der Waals surface area contributed by atoms with Crippen molar-refractivity contribution in [2.75, 3.05) is 14.2 Å². The third kappa shape index (κ3) is 2.64. The van der Waals surface area contributed by atoms with Crippen LogP contribution in [0.1, 0.15) is 18.0 Å². The SMILES string of the molecule is C#CCC(N)c1cc(OC)ccc1OC. The number of hydrogen-bond donors (Lipinski definition) is 1. The van der Waals surface area contributed by atoms with Crippen LogP contribution in [0.25, 0.3) is 0 Å². The molecule has 1 atom stereocenters. The number of hydrogen-bond acceptors (Lipinski definition) is 3. The number of benzene rings is 1. The Morgan fingerprint density at radius 2 is 2.13 bits per heavy atom. The molecule has 0 saturated heterocycles. The smallest absolute Gasteiger partial charge is 0.123 e. The Hall–Kier alpha value is -1.66. The summed E-state index contributed by atoms with van der Waals surface area (Å²) in [5, 5.41) is 0. The molecule has 0 aliphatic rings. The lowest BCUT2D eigenvalue weighted by Gasteiger charge is -2.14. The van der Waals surface area contributed by atoms with Crippen LogP contribution in [-0.2, 0) is 0 Å². The van der Waals surface area contributed by atoms with E-state index >= 15 is 0 Å². The summed E-state index contributed by atoms with van der Waals surface area (Å²) in [6, 6.07) is 5.27. The van der Waals surface area contributed by atoms with E-state index in [0.29, 0.717) is 6.42 Å². The van der Waals surface area contributed by atoms with Crippen molar-refractivity contribution in [2.24, 2.45) is 5.73 Å². The standard InChI is InChI=1S/C12H15NO2/c1-4-5-11(13)10-8-9(14-2)6-7-12(10)15-3/h1,6-8,11H,5,13H2,2-3H3. The molecule has 15 heavy (non-hydrogen) atoms. The van der Waals surface area contributed by atoms with E-state index in [1.807, 2.05) is 18.2 Å². The first-order valence-electron chi connectivity index (χ1n) is 4.64. The highest BCUT2D eigenvalue weighted by atomic mass is 16.5. The van der Waals surface area contributed by atoms with Gasteiger partial charge in [-0.1, -0.05) is 0 Å². The number of ether oxygens (including phenoxy) is 2. The lowest BCUT2D eigenvalue weighted by molar-refractivity contribution is 0.395. The second kappa shape index (κ2) is 5.28. The van der Waals surface area contributed by atoms with Gasteiger partial charge in [0.2, 0.25) is 0 Å². The van der Waals surface area contributed by atoms with Crippen LogP contribution in [0.5, 0.6) is 11.5 Å². The zero-order chi connectivity index (χ0) is 11.3. The van der Waals surface area contributed by atoms with Crippen molar-refractivity contribution in [3.63, 3.8) is 0 Å². The molecule has 0 radical (unpaired) electrons. The fourth-order valence-corrected chi connectivity index (χ4v) is 1.37. The number of nitrogens with two attached hydrogens (primary N) is 1. The molecule has 0 aliphatic carbocycles. The summed E-state index contributed by atoms with van der Waals surface area (Å²) in [4.78, 5) is 0. The van der Waals surface area contributed by atoms with Crippen LogP contribution in [0.3, 0.4) is 0 Å². The molecule has 2 N–H and O–H groups in total. The maximum absolute atomic E-state index is 5.93. The van der Waals surface area contributed by atoms with Gasteiger partial charge in [0.25, 0.3) is 0 Å². The molecule has 0 fully saturated rings. The lowest BCUT2D eigenvalue weighted by Crippen LogP contribution is -2.10. The Kier molecular flexibility index (Phi) is 4.02. The Morgan fingerprint density at radius 1 is 1.40 bits per heavy atom. The molecular formula is C12H15NO2. The van der Waals surface area contributed by atoms with Gasteiger partial charge < -0.3 is 15.2 Å². The molecule has 80 valence electrons. The molecule has 0 heterocycles. The zero-order valence-electron chi connectivity index (χ0n) is 8.99. The van der Waals surface area contributed by atoms with Crippen LogP contribution in [0.2, 0.25) is 0 Å². The zero-order valence-corrected chi connectivity index (χ0v) is 8.99. The van der Waals surface area contributed by atoms with Crippen LogP contribution < -0.4 is 15.2 Å². The molecule has 3 heteroatoms. The van der Waals surface area contributed by atoms with E-state index in [1.54, 1.807) is 14.2 Å². The number of methoxy groups -OCH3 is 2. The van der Waals surface area contributed by atoms with E-state index in [4.69, 9.17) is 21.6 Å². The van der Waals surface area contributed by atoms with Gasteiger partial charge in [0.1, 0.15) is 11.5 Å². The predicted molar refractivity (Wildman–Crippen MR) is 59.9 cm³/mol. The first-order chi connectivity index (χ1) is 7.22. The van der Waals surface area contributed by atoms with Gasteiger partial charge in [-0.2, -0.15) is 0 Å². The van der Waals surface area contributed by atoms with Gasteiger partial charge in [0.15, 0.2) is 0 Å². The second-order valence-electron chi connectivity index (χ2n) is 3.12. The van der Waals surface area contributed by atoms with Crippen molar-refractivity contribution in [2.45, 2.75) is 12.5 Å². The molecule has 1 rings (SSSR count). The lowest BCUT2D eigenvalue weighted by atomic mass is 10.0. The molecule has 3 nitrogen and oxygen atoms in total. The van der Waals surface area contributed by atoms with E-state index in [1.165, 1.54) is 0 Å². The molecule has 1 aromatic carbocycles. The summed E-state index contributed by atoms with van der Waals surface area (Å²) in [6.07, 6.45) is 5.70. The Labute approximate surface area is 90.2 Å². The van der Waals surface area contributed by atoms with Gasteiger partial charge in [-0.3, -0.25) is 0 Å². The molecule has 0 aromatic heterocycles. The van der Waals surface area contributed by atoms with Gasteiger partial charge >= 0.3 is 0 Å². The summed E-state index contributed by atoms with van der Waals surface area (Å²) in [5.74, 6) is 4.02. The number of terminal acetylenes is 1. The van der Waals surface area contributed by atoms with Gasteiger partial charge in [0, 0.05) is 18.0 Å². The summed E-state index contributed by atoms with van der Waals surface area (Å²) >= 11 is 0. The molecule has 0 bridgehead atoms. The highest BCUT2D eigenvalue weighted by Crippen LogP contribution is 2.29. The molecular weight excluding hydrogens is 190 g/mol. The van der Waals surface area contributed by atoms with Crippen LogP contribution in [0.4, 0.5) is 0 Å². The van der Waals surface area contributed by atoms with Crippen LogP contribution in [-0.4, -0.2) is 14.2 Å². The van der Waals surface area contributed by atoms with Crippen LogP contribution in [0, 0.1) is 12.3 Å². The highest BCUT2D eigenvalue weighted by molar-refractivity contribution is 5.42. The monoisotopic (exact) mass is 205 g/mol. The Bertz CT molecular complexity index is 368. The average Bonchev–Trinajstić information content (AvgIpc) is 2.28. The van der Waals surface area contributed by atoms with Crippen LogP contribution in [0.15, 0.2) is 18.2 Å². The first kappa shape index (κ1) is 11.4. The predicted octanol–water partition coefficient (Wildman–Crippen LogP) is 1.73. The van der Waals surface area contributed by atoms with Gasteiger partial charge in [-0.25, -0.2) is 0 Å². The van der Waals surface area contributed by atoms with Gasteiger partial charge in [0.05, 0.1) is 14.2 Å². The van der Waals surface area contributed by atoms with Gasteiger partial charge in [-0.15, -0.1) is 12.3 Å². The maximum Gasteiger partial charge on any atom is 0.123 e. The third-order valence-corrected chi connectivity index (χ3v) is 2.17. The fraction of sp³-hybridized carbons (Fsp3) is 0.333. The fourth-order valence-electron chi connectivity index (χ4n) is 1.37. The minimum absolute atomic E-state index is 0.222. The largest absolute Gasteiger partial charge is 0.497 e. The van der Waals surface area contributed by atoms with E-state index in [-0.39, 0.29) is 6.04 Å². The van der Waals surface area contributed by atoms with Crippen molar-refractivity contribution in [1.29, 1.82) is 0 Å². The summed E-state index contributed by atoms with van der Waals surface area (Å²) < 4.78 is 10.3. The van der Waals surface area contributed by atoms with E-state index in [9.17, 15) is 0 Å². The van der Waals surface area contributed by atoms with Crippen LogP contribution >= 0.6 is 0 Å². The number of rotatable bonds is 4. The molecule has 0 spiro atoms. The van der Waals surface area contributed by atoms with Crippen molar-refractivity contribution in [3.05, 3.63) is 23.8 Å². The van der Waals surface area contributed by atoms with Crippen molar-refractivity contribution >= 4 is 0 Å². The van der Waals surface area contributed by atoms with E-state index in [2.05, 4.69) is 5.92 Å². The topological polar surface area (TPSA) is 44.5 Å². The minimum atomic E-state index is -0.222. The normalized spacial score (nSPS) is 11.6. The van der Waals surface area contributed by atoms with Crippen molar-refractivity contribution in [3.8, 4) is 23.8 Å².